The first kappa shape index (κ1) is 70.8. The van der Waals surface area contributed by atoms with Crippen molar-refractivity contribution in [3.63, 3.8) is 0 Å². The Labute approximate surface area is 554 Å². The van der Waals surface area contributed by atoms with E-state index >= 15 is 0 Å². The molecule has 0 fully saturated rings. The minimum atomic E-state index is -4.92. The van der Waals surface area contributed by atoms with Gasteiger partial charge < -0.3 is 47.7 Å². The van der Waals surface area contributed by atoms with Crippen LogP contribution in [0, 0.1) is 17.8 Å². The molecule has 12 rings (SSSR count). The third-order valence-electron chi connectivity index (χ3n) is 16.8. The van der Waals surface area contributed by atoms with E-state index in [1.807, 2.05) is 78.9 Å². The zero-order chi connectivity index (χ0) is 67.2. The van der Waals surface area contributed by atoms with Crippen molar-refractivity contribution >= 4 is 146 Å². The van der Waals surface area contributed by atoms with E-state index in [0.29, 0.717) is 12.8 Å². The molecule has 0 radical (unpaired) electrons. The smallest absolute Gasteiger partial charge is 0.394 e. The molecule has 506 valence electrons. The summed E-state index contributed by atoms with van der Waals surface area (Å²) in [6.45, 7) is -5.02. The summed E-state index contributed by atoms with van der Waals surface area (Å²) < 4.78 is 103. The van der Waals surface area contributed by atoms with Crippen molar-refractivity contribution in [2.75, 3.05) is 86.4 Å². The molecule has 0 heterocycles. The zero-order valence-corrected chi connectivity index (χ0v) is 57.2. The van der Waals surface area contributed by atoms with E-state index in [1.165, 1.54) is 0 Å². The molecular weight excluding hydrogens is 1360 g/mol. The van der Waals surface area contributed by atoms with Gasteiger partial charge in [-0.15, -0.1) is 0 Å². The van der Waals surface area contributed by atoms with Crippen molar-refractivity contribution in [2.24, 2.45) is 17.8 Å². The molecule has 0 aromatic heterocycles. The maximum absolute atomic E-state index is 13.4. The van der Waals surface area contributed by atoms with Gasteiger partial charge in [0.1, 0.15) is 13.2 Å². The van der Waals surface area contributed by atoms with Crippen molar-refractivity contribution in [1.29, 1.82) is 0 Å². The molecule has 0 aliphatic rings. The molecule has 23 nitrogen and oxygen atoms in total. The van der Waals surface area contributed by atoms with Crippen LogP contribution in [-0.4, -0.2) is 126 Å². The second-order valence-electron chi connectivity index (χ2n) is 23.2. The standard InChI is InChI=1S/C67H70O23P6/c1-79-93(71,72)89-42-45(36-57-21-18-54-15-12-48-6-3-9-51-24-27-60(57)66(54)63(48)51)40-82-91(69)80-38-44(35-56-20-17-53-14-11-47-5-2-8-50-23-26-59(56)65(53)62(47)50)39-81-92(70)83-41-46(37-58-22-19-55-16-13-49-7-4-10-52-25-28-61(58)67(55)64(49)52)43-90-96(77,78)88-34-33-87-95(75,76)86-32-31-85-94(73,74)84-30-29-68/h2-28,44-46,68-70,73-74H,29-43H2,1H3,(H2-,71,72,75,76,77,78)/p+1. The zero-order valence-electron chi connectivity index (χ0n) is 51.8. The van der Waals surface area contributed by atoms with E-state index in [0.717, 1.165) is 121 Å². The molecule has 0 bridgehead atoms. The summed E-state index contributed by atoms with van der Waals surface area (Å²) in [6, 6.07) is 55.4. The number of aliphatic hydroxyl groups excluding tert-OH is 1. The van der Waals surface area contributed by atoms with Crippen LogP contribution in [0.2, 0.25) is 0 Å². The fraction of sp³-hybridized carbons (Fsp3) is 0.284. The average molecular weight is 1430 g/mol. The third kappa shape index (κ3) is 17.2. The highest BCUT2D eigenvalue weighted by molar-refractivity contribution is 7.54. The van der Waals surface area contributed by atoms with E-state index in [4.69, 9.17) is 54.9 Å². The molecule has 0 aliphatic carbocycles. The highest BCUT2D eigenvalue weighted by Crippen LogP contribution is 2.53. The number of benzene rings is 12. The van der Waals surface area contributed by atoms with Crippen molar-refractivity contribution in [3.05, 3.63) is 180 Å². The fourth-order valence-corrected chi connectivity index (χ4v) is 16.6. The quantitative estimate of drug-likeness (QED) is 0.0101. The minimum Gasteiger partial charge on any atom is -0.394 e. The molecule has 0 amide bonds. The first-order chi connectivity index (χ1) is 46.2. The summed E-state index contributed by atoms with van der Waals surface area (Å²) in [5, 5.41) is 27.9. The Kier molecular flexibility index (Phi) is 23.0. The van der Waals surface area contributed by atoms with Crippen LogP contribution in [-0.2, 0) is 87.2 Å². The van der Waals surface area contributed by atoms with Gasteiger partial charge in [-0.05, 0) is 133 Å². The van der Waals surface area contributed by atoms with Crippen LogP contribution in [0.15, 0.2) is 164 Å². The van der Waals surface area contributed by atoms with Crippen LogP contribution >= 0.6 is 48.8 Å². The number of hydrogen-bond acceptors (Lipinski definition) is 20. The third-order valence-corrected chi connectivity index (χ3v) is 22.2. The molecule has 8 unspecified atom stereocenters. The van der Waals surface area contributed by atoms with Gasteiger partial charge in [0.15, 0.2) is 0 Å². The van der Waals surface area contributed by atoms with Gasteiger partial charge in [-0.2, -0.15) is 18.8 Å². The Morgan fingerprint density at radius 2 is 0.646 bits per heavy atom. The Hall–Kier alpha value is -5.06. The lowest BCUT2D eigenvalue weighted by molar-refractivity contribution is 0.0680. The molecule has 0 spiro atoms. The summed E-state index contributed by atoms with van der Waals surface area (Å²) in [6.07, 6.45) is 0.883. The number of hydrogen-bond donors (Lipinski definition) is 8. The lowest BCUT2D eigenvalue weighted by Gasteiger charge is -2.24. The van der Waals surface area contributed by atoms with Gasteiger partial charge in [-0.1, -0.05) is 164 Å². The Bertz CT molecular complexity index is 4730. The molecule has 0 aliphatic heterocycles. The van der Waals surface area contributed by atoms with Crippen molar-refractivity contribution < 1.29 is 107 Å². The van der Waals surface area contributed by atoms with Gasteiger partial charge in [0.2, 0.25) is 0 Å². The summed E-state index contributed by atoms with van der Waals surface area (Å²) in [7, 11) is -22.6. The maximum Gasteiger partial charge on any atom is 0.570 e. The van der Waals surface area contributed by atoms with Crippen LogP contribution in [0.4, 0.5) is 0 Å². The van der Waals surface area contributed by atoms with Crippen molar-refractivity contribution in [3.8, 4) is 0 Å². The second-order valence-corrected chi connectivity index (χ2v) is 31.1. The number of phosphoric acid groups is 3. The van der Waals surface area contributed by atoms with E-state index in [2.05, 4.69) is 89.5 Å². The van der Waals surface area contributed by atoms with Crippen LogP contribution in [0.25, 0.3) is 97.0 Å². The molecule has 8 atom stereocenters. The number of rotatable bonds is 38. The van der Waals surface area contributed by atoms with Crippen molar-refractivity contribution in [2.45, 2.75) is 19.3 Å². The van der Waals surface area contributed by atoms with E-state index in [1.54, 1.807) is 0 Å². The summed E-state index contributed by atoms with van der Waals surface area (Å²) >= 11 is 0. The van der Waals surface area contributed by atoms with E-state index in [-0.39, 0.29) is 39.5 Å². The first-order valence-electron chi connectivity index (χ1n) is 30.7. The lowest BCUT2D eigenvalue weighted by Crippen LogP contribution is -2.20. The molecule has 29 heteroatoms. The molecular formula is C67H71O23P6+. The maximum atomic E-state index is 13.4. The Morgan fingerprint density at radius 1 is 0.365 bits per heavy atom. The Balaban J connectivity index is 0.736. The molecule has 12 aromatic carbocycles. The summed E-state index contributed by atoms with van der Waals surface area (Å²) in [5.41, 5.74) is 2.73. The molecule has 96 heavy (non-hydrogen) atoms. The van der Waals surface area contributed by atoms with Gasteiger partial charge in [-0.25, -0.2) is 13.7 Å². The molecule has 0 saturated carbocycles. The van der Waals surface area contributed by atoms with Crippen LogP contribution in [0.3, 0.4) is 0 Å². The van der Waals surface area contributed by atoms with Crippen molar-refractivity contribution in [1.82, 2.24) is 0 Å². The number of phosphoric ester groups is 3. The lowest BCUT2D eigenvalue weighted by atomic mass is 9.89. The van der Waals surface area contributed by atoms with E-state index < -0.39 is 113 Å². The van der Waals surface area contributed by atoms with E-state index in [9.17, 15) is 47.9 Å². The highest BCUT2D eigenvalue weighted by atomic mass is 31.2. The second kappa shape index (κ2) is 31.2. The highest BCUT2D eigenvalue weighted by Gasteiger charge is 2.39. The van der Waals surface area contributed by atoms with Gasteiger partial charge >= 0.3 is 48.8 Å². The van der Waals surface area contributed by atoms with Gasteiger partial charge in [0.25, 0.3) is 0 Å². The Morgan fingerprint density at radius 3 is 0.990 bits per heavy atom. The topological polar surface area (TPSA) is 324 Å². The van der Waals surface area contributed by atoms with Gasteiger partial charge in [-0.3, -0.25) is 27.1 Å². The van der Waals surface area contributed by atoms with Gasteiger partial charge in [0.05, 0.1) is 66.1 Å². The fourth-order valence-electron chi connectivity index (χ4n) is 12.4. The average Bonchev–Trinajstić information content (AvgIpc) is 0.757. The molecule has 0 saturated heterocycles. The normalized spacial score (nSPS) is 16.2. The first-order valence-corrected chi connectivity index (χ1v) is 39.0. The number of aliphatic hydroxyl groups is 1. The SMILES string of the molecule is COP(=O)(O)OCC(COP(O)OCC(COP(O)OCC(COP(=O)(O)OCCOP(=O)(O)OCCO[P+](O)(O)OCCO)Cc1ccc2ccc3cccc4ccc1c2c34)Cc1ccc2ccc3cccc4ccc1c2c34)Cc1ccc2ccc3cccc4ccc1c2c34. The molecule has 12 aromatic rings. The minimum absolute atomic E-state index is 0.127. The molecule has 8 N–H and O–H groups in total. The monoisotopic (exact) mass is 1430 g/mol. The predicted molar refractivity (Wildman–Crippen MR) is 371 cm³/mol. The largest absolute Gasteiger partial charge is 0.570 e. The van der Waals surface area contributed by atoms with Crippen LogP contribution < -0.4 is 0 Å². The summed E-state index contributed by atoms with van der Waals surface area (Å²) in [4.78, 5) is 73.9. The summed E-state index contributed by atoms with van der Waals surface area (Å²) in [5.74, 6) is -1.85. The van der Waals surface area contributed by atoms with Crippen LogP contribution in [0.5, 0.6) is 0 Å². The predicted octanol–water partition coefficient (Wildman–Crippen LogP) is 14.5. The van der Waals surface area contributed by atoms with Crippen LogP contribution in [0.1, 0.15) is 16.7 Å². The van der Waals surface area contributed by atoms with Gasteiger partial charge in [0, 0.05) is 24.9 Å².